The van der Waals surface area contributed by atoms with Crippen molar-refractivity contribution in [3.8, 4) is 0 Å². The molecule has 0 aliphatic carbocycles. The van der Waals surface area contributed by atoms with Crippen LogP contribution < -0.4 is 10.2 Å². The first kappa shape index (κ1) is 17.3. The van der Waals surface area contributed by atoms with Crippen LogP contribution >= 0.6 is 0 Å². The maximum absolute atomic E-state index is 12.9. The van der Waals surface area contributed by atoms with Crippen molar-refractivity contribution in [1.82, 2.24) is 4.98 Å². The third kappa shape index (κ3) is 3.08. The summed E-state index contributed by atoms with van der Waals surface area (Å²) in [7, 11) is -3.77. The van der Waals surface area contributed by atoms with Crippen LogP contribution in [-0.2, 0) is 10.0 Å². The second-order valence-electron chi connectivity index (χ2n) is 6.65. The van der Waals surface area contributed by atoms with Gasteiger partial charge in [-0.3, -0.25) is 9.52 Å². The number of para-hydroxylation sites is 1. The molecule has 4 rings (SSSR count). The van der Waals surface area contributed by atoms with Crippen molar-refractivity contribution in [1.29, 1.82) is 0 Å². The third-order valence-corrected chi connectivity index (χ3v) is 5.95. The van der Waals surface area contributed by atoms with Gasteiger partial charge in [0.05, 0.1) is 16.1 Å². The molecular formula is C21H18N2O3S. The molecule has 0 aliphatic heterocycles. The zero-order valence-corrected chi connectivity index (χ0v) is 15.7. The van der Waals surface area contributed by atoms with Crippen LogP contribution in [0.4, 0.5) is 5.69 Å². The second-order valence-corrected chi connectivity index (χ2v) is 8.33. The van der Waals surface area contributed by atoms with Gasteiger partial charge in [-0.05, 0) is 50.2 Å². The Morgan fingerprint density at radius 2 is 1.56 bits per heavy atom. The standard InChI is InChI=1S/C21H18N2O3S/c1-13-6-9-15(10-7-13)27(25,26)23-19-5-3-4-16-20(19)22-18-11-8-14(2)12-17(18)21(16)24/h3-12,23H,1-2H3,(H,22,24). The van der Waals surface area contributed by atoms with Crippen molar-refractivity contribution in [2.45, 2.75) is 18.7 Å². The van der Waals surface area contributed by atoms with Gasteiger partial charge >= 0.3 is 0 Å². The molecule has 0 unspecified atom stereocenters. The first-order valence-corrected chi connectivity index (χ1v) is 9.98. The number of fused-ring (bicyclic) bond motifs is 2. The Labute approximate surface area is 156 Å². The molecule has 0 aliphatic rings. The van der Waals surface area contributed by atoms with Crippen LogP contribution in [0.25, 0.3) is 21.8 Å². The number of anilines is 1. The van der Waals surface area contributed by atoms with Crippen LogP contribution in [0.2, 0.25) is 0 Å². The molecule has 2 N–H and O–H groups in total. The van der Waals surface area contributed by atoms with Crippen molar-refractivity contribution >= 4 is 37.5 Å². The highest BCUT2D eigenvalue weighted by atomic mass is 32.2. The van der Waals surface area contributed by atoms with Crippen LogP contribution in [0.5, 0.6) is 0 Å². The molecule has 0 saturated heterocycles. The number of H-pyrrole nitrogens is 1. The van der Waals surface area contributed by atoms with E-state index in [0.717, 1.165) is 11.1 Å². The Morgan fingerprint density at radius 1 is 0.852 bits per heavy atom. The predicted molar refractivity (Wildman–Crippen MR) is 109 cm³/mol. The summed E-state index contributed by atoms with van der Waals surface area (Å²) in [6.07, 6.45) is 0. The fourth-order valence-electron chi connectivity index (χ4n) is 3.12. The lowest BCUT2D eigenvalue weighted by Gasteiger charge is -2.12. The van der Waals surface area contributed by atoms with E-state index in [4.69, 9.17) is 0 Å². The molecule has 6 heteroatoms. The number of nitrogens with one attached hydrogen (secondary N) is 2. The number of sulfonamides is 1. The number of hydrogen-bond acceptors (Lipinski definition) is 3. The number of aromatic nitrogens is 1. The second kappa shape index (κ2) is 6.25. The molecule has 3 aromatic carbocycles. The Morgan fingerprint density at radius 3 is 2.30 bits per heavy atom. The number of benzene rings is 3. The minimum absolute atomic E-state index is 0.126. The van der Waals surface area contributed by atoms with E-state index >= 15 is 0 Å². The molecular weight excluding hydrogens is 360 g/mol. The van der Waals surface area contributed by atoms with Gasteiger partial charge in [0.15, 0.2) is 5.43 Å². The van der Waals surface area contributed by atoms with E-state index in [1.807, 2.05) is 32.0 Å². The minimum atomic E-state index is -3.77. The van der Waals surface area contributed by atoms with Gasteiger partial charge in [-0.1, -0.05) is 35.4 Å². The van der Waals surface area contributed by atoms with Crippen LogP contribution in [0.3, 0.4) is 0 Å². The summed E-state index contributed by atoms with van der Waals surface area (Å²) in [4.78, 5) is 16.2. The smallest absolute Gasteiger partial charge is 0.261 e. The lowest BCUT2D eigenvalue weighted by atomic mass is 10.1. The SMILES string of the molecule is Cc1ccc(S(=O)(=O)Nc2cccc3c(=O)c4cc(C)ccc4[nH]c23)cc1. The zero-order valence-electron chi connectivity index (χ0n) is 14.9. The van der Waals surface area contributed by atoms with E-state index in [9.17, 15) is 13.2 Å². The lowest BCUT2D eigenvalue weighted by molar-refractivity contribution is 0.601. The maximum atomic E-state index is 12.9. The lowest BCUT2D eigenvalue weighted by Crippen LogP contribution is -2.14. The molecule has 136 valence electrons. The summed E-state index contributed by atoms with van der Waals surface area (Å²) in [6, 6.07) is 17.2. The van der Waals surface area contributed by atoms with Crippen LogP contribution in [0.15, 0.2) is 70.4 Å². The highest BCUT2D eigenvalue weighted by molar-refractivity contribution is 7.92. The zero-order chi connectivity index (χ0) is 19.2. The summed E-state index contributed by atoms with van der Waals surface area (Å²) in [5.41, 5.74) is 3.31. The van der Waals surface area contributed by atoms with Crippen LogP contribution in [-0.4, -0.2) is 13.4 Å². The molecule has 0 radical (unpaired) electrons. The molecule has 0 fully saturated rings. The molecule has 0 atom stereocenters. The first-order chi connectivity index (χ1) is 12.8. The van der Waals surface area contributed by atoms with Gasteiger partial charge in [-0.15, -0.1) is 0 Å². The van der Waals surface area contributed by atoms with Crippen molar-refractivity contribution in [3.63, 3.8) is 0 Å². The van der Waals surface area contributed by atoms with Crippen LogP contribution in [0, 0.1) is 13.8 Å². The van der Waals surface area contributed by atoms with Gasteiger partial charge in [0.1, 0.15) is 0 Å². The average Bonchev–Trinajstić information content (AvgIpc) is 2.63. The van der Waals surface area contributed by atoms with Crippen molar-refractivity contribution in [2.75, 3.05) is 4.72 Å². The molecule has 4 aromatic rings. The monoisotopic (exact) mass is 378 g/mol. The van der Waals surface area contributed by atoms with Crippen LogP contribution in [0.1, 0.15) is 11.1 Å². The first-order valence-electron chi connectivity index (χ1n) is 8.50. The Hall–Kier alpha value is -3.12. The Kier molecular flexibility index (Phi) is 4.00. The number of hydrogen-bond donors (Lipinski definition) is 2. The highest BCUT2D eigenvalue weighted by Crippen LogP contribution is 2.25. The quantitative estimate of drug-likeness (QED) is 0.527. The number of rotatable bonds is 3. The summed E-state index contributed by atoms with van der Waals surface area (Å²) in [5, 5.41) is 1.03. The molecule has 0 saturated carbocycles. The fourth-order valence-corrected chi connectivity index (χ4v) is 4.19. The van der Waals surface area contributed by atoms with Gasteiger partial charge in [-0.25, -0.2) is 8.42 Å². The van der Waals surface area contributed by atoms with Crippen molar-refractivity contribution in [3.05, 3.63) is 82.0 Å². The van der Waals surface area contributed by atoms with E-state index in [1.54, 1.807) is 42.5 Å². The predicted octanol–water partition coefficient (Wildman–Crippen LogP) is 4.10. The van der Waals surface area contributed by atoms with Gasteiger partial charge < -0.3 is 4.98 Å². The van der Waals surface area contributed by atoms with E-state index < -0.39 is 10.0 Å². The van der Waals surface area contributed by atoms with E-state index in [0.29, 0.717) is 27.5 Å². The van der Waals surface area contributed by atoms with Gasteiger partial charge in [0.25, 0.3) is 10.0 Å². The third-order valence-electron chi connectivity index (χ3n) is 4.56. The highest BCUT2D eigenvalue weighted by Gasteiger charge is 2.17. The van der Waals surface area contributed by atoms with E-state index in [1.165, 1.54) is 0 Å². The van der Waals surface area contributed by atoms with E-state index in [2.05, 4.69) is 9.71 Å². The number of aromatic amines is 1. The van der Waals surface area contributed by atoms with Gasteiger partial charge in [0.2, 0.25) is 0 Å². The van der Waals surface area contributed by atoms with Crippen molar-refractivity contribution in [2.24, 2.45) is 0 Å². The Balaban J connectivity index is 1.90. The van der Waals surface area contributed by atoms with Gasteiger partial charge in [-0.2, -0.15) is 0 Å². The van der Waals surface area contributed by atoms with Crippen molar-refractivity contribution < 1.29 is 8.42 Å². The molecule has 27 heavy (non-hydrogen) atoms. The topological polar surface area (TPSA) is 79.0 Å². The minimum Gasteiger partial charge on any atom is -0.353 e. The summed E-state index contributed by atoms with van der Waals surface area (Å²) >= 11 is 0. The Bertz CT molecular complexity index is 1340. The maximum Gasteiger partial charge on any atom is 0.261 e. The normalized spacial score (nSPS) is 11.8. The fraction of sp³-hybridized carbons (Fsp3) is 0.0952. The number of aryl methyl sites for hydroxylation is 2. The summed E-state index contributed by atoms with van der Waals surface area (Å²) in [6.45, 7) is 3.82. The summed E-state index contributed by atoms with van der Waals surface area (Å²) in [5.74, 6) is 0. The molecule has 0 bridgehead atoms. The average molecular weight is 378 g/mol. The molecule has 0 amide bonds. The molecule has 5 nitrogen and oxygen atoms in total. The molecule has 1 heterocycles. The molecule has 0 spiro atoms. The van der Waals surface area contributed by atoms with Gasteiger partial charge in [0, 0.05) is 16.3 Å². The molecule has 1 aromatic heterocycles. The largest absolute Gasteiger partial charge is 0.353 e. The van der Waals surface area contributed by atoms with E-state index in [-0.39, 0.29) is 10.3 Å². The number of pyridine rings is 1. The summed E-state index contributed by atoms with van der Waals surface area (Å²) < 4.78 is 28.1.